The van der Waals surface area contributed by atoms with Crippen molar-refractivity contribution < 1.29 is 0 Å². The fourth-order valence-electron chi connectivity index (χ4n) is 5.78. The third kappa shape index (κ3) is 1.69. The van der Waals surface area contributed by atoms with Crippen LogP contribution in [-0.2, 0) is 0 Å². The van der Waals surface area contributed by atoms with Crippen LogP contribution in [0.4, 0.5) is 0 Å². The van der Waals surface area contributed by atoms with Crippen LogP contribution in [0.25, 0.3) is 0 Å². The van der Waals surface area contributed by atoms with Crippen LogP contribution < -0.4 is 5.32 Å². The van der Waals surface area contributed by atoms with Gasteiger partial charge in [-0.05, 0) is 87.6 Å². The summed E-state index contributed by atoms with van der Waals surface area (Å²) >= 11 is 0. The SMILES string of the molecule is C1=C(C23CC4CC(CC(C4)C2)C3)CCNCC1. The minimum Gasteiger partial charge on any atom is -0.316 e. The average molecular weight is 231 g/mol. The highest BCUT2D eigenvalue weighted by Crippen LogP contribution is 2.63. The van der Waals surface area contributed by atoms with Crippen molar-refractivity contribution in [2.24, 2.45) is 23.2 Å². The summed E-state index contributed by atoms with van der Waals surface area (Å²) in [5.41, 5.74) is 2.54. The van der Waals surface area contributed by atoms with E-state index in [2.05, 4.69) is 11.4 Å². The Morgan fingerprint density at radius 3 is 2.24 bits per heavy atom. The van der Waals surface area contributed by atoms with Gasteiger partial charge in [0.05, 0.1) is 0 Å². The smallest absolute Gasteiger partial charge is 0.00113 e. The minimum atomic E-state index is 0.681. The van der Waals surface area contributed by atoms with Gasteiger partial charge < -0.3 is 5.32 Å². The minimum absolute atomic E-state index is 0.681. The molecule has 1 heterocycles. The quantitative estimate of drug-likeness (QED) is 0.681. The topological polar surface area (TPSA) is 12.0 Å². The van der Waals surface area contributed by atoms with Crippen LogP contribution >= 0.6 is 0 Å². The molecular formula is C16H25N. The van der Waals surface area contributed by atoms with E-state index in [9.17, 15) is 0 Å². The van der Waals surface area contributed by atoms with Crippen molar-refractivity contribution in [1.29, 1.82) is 0 Å². The molecule has 1 aliphatic heterocycles. The first kappa shape index (κ1) is 10.6. The molecule has 0 aromatic carbocycles. The standard InChI is InChI=1S/C16H25N/c1-2-15(3-5-17-4-1)16-9-12-6-13(10-16)8-14(7-12)11-16/h2,12-14,17H,1,3-11H2. The summed E-state index contributed by atoms with van der Waals surface area (Å²) in [7, 11) is 0. The van der Waals surface area contributed by atoms with E-state index in [1.807, 2.05) is 5.57 Å². The second kappa shape index (κ2) is 3.85. The largest absolute Gasteiger partial charge is 0.316 e. The fourth-order valence-corrected chi connectivity index (χ4v) is 5.78. The first-order chi connectivity index (χ1) is 8.34. The highest BCUT2D eigenvalue weighted by atomic mass is 14.8. The van der Waals surface area contributed by atoms with Crippen LogP contribution in [0.2, 0.25) is 0 Å². The third-order valence-electron chi connectivity index (χ3n) is 6.00. The predicted molar refractivity (Wildman–Crippen MR) is 70.8 cm³/mol. The Bertz CT molecular complexity index is 306. The van der Waals surface area contributed by atoms with Gasteiger partial charge in [0.25, 0.3) is 0 Å². The Morgan fingerprint density at radius 2 is 1.59 bits per heavy atom. The third-order valence-corrected chi connectivity index (χ3v) is 6.00. The summed E-state index contributed by atoms with van der Waals surface area (Å²) in [6.07, 6.45) is 14.6. The molecule has 17 heavy (non-hydrogen) atoms. The van der Waals surface area contributed by atoms with Crippen molar-refractivity contribution in [3.05, 3.63) is 11.6 Å². The van der Waals surface area contributed by atoms with Crippen molar-refractivity contribution in [2.45, 2.75) is 51.4 Å². The fraction of sp³-hybridized carbons (Fsp3) is 0.875. The molecule has 94 valence electrons. The van der Waals surface area contributed by atoms with Crippen LogP contribution in [0.1, 0.15) is 51.4 Å². The second-order valence-corrected chi connectivity index (χ2v) is 7.22. The van der Waals surface area contributed by atoms with Gasteiger partial charge in [-0.25, -0.2) is 0 Å². The van der Waals surface area contributed by atoms with Crippen molar-refractivity contribution in [1.82, 2.24) is 5.32 Å². The Balaban J connectivity index is 1.65. The highest BCUT2D eigenvalue weighted by molar-refractivity contribution is 5.22. The number of nitrogens with one attached hydrogen (secondary N) is 1. The summed E-state index contributed by atoms with van der Waals surface area (Å²) in [5, 5.41) is 3.56. The molecule has 0 aromatic heterocycles. The molecule has 0 aromatic rings. The molecule has 0 saturated heterocycles. The molecule has 5 aliphatic rings. The zero-order valence-corrected chi connectivity index (χ0v) is 10.9. The van der Waals surface area contributed by atoms with E-state index >= 15 is 0 Å². The van der Waals surface area contributed by atoms with Crippen molar-refractivity contribution in [3.8, 4) is 0 Å². The average Bonchev–Trinajstić information content (AvgIpc) is 2.55. The molecule has 0 radical (unpaired) electrons. The van der Waals surface area contributed by atoms with E-state index in [-0.39, 0.29) is 0 Å². The Hall–Kier alpha value is -0.300. The summed E-state index contributed by atoms with van der Waals surface area (Å²) < 4.78 is 0. The lowest BCUT2D eigenvalue weighted by Gasteiger charge is -2.58. The monoisotopic (exact) mass is 231 g/mol. The molecule has 1 N–H and O–H groups in total. The summed E-state index contributed by atoms with van der Waals surface area (Å²) in [6, 6.07) is 0. The second-order valence-electron chi connectivity index (χ2n) is 7.22. The van der Waals surface area contributed by atoms with Gasteiger partial charge in [0.1, 0.15) is 0 Å². The van der Waals surface area contributed by atoms with Crippen LogP contribution in [0.3, 0.4) is 0 Å². The zero-order chi connectivity index (χ0) is 11.3. The molecule has 1 nitrogen and oxygen atoms in total. The van der Waals surface area contributed by atoms with E-state index in [0.29, 0.717) is 5.41 Å². The number of hydrogen-bond donors (Lipinski definition) is 1. The molecule has 4 bridgehead atoms. The van der Waals surface area contributed by atoms with Crippen molar-refractivity contribution in [2.75, 3.05) is 13.1 Å². The van der Waals surface area contributed by atoms with Crippen molar-refractivity contribution in [3.63, 3.8) is 0 Å². The summed E-state index contributed by atoms with van der Waals surface area (Å²) in [5.74, 6) is 3.29. The molecule has 4 fully saturated rings. The van der Waals surface area contributed by atoms with Gasteiger partial charge in [0.15, 0.2) is 0 Å². The number of hydrogen-bond acceptors (Lipinski definition) is 1. The van der Waals surface area contributed by atoms with E-state index in [1.54, 1.807) is 38.5 Å². The maximum absolute atomic E-state index is 3.56. The molecule has 5 rings (SSSR count). The zero-order valence-electron chi connectivity index (χ0n) is 10.9. The van der Waals surface area contributed by atoms with Gasteiger partial charge in [-0.2, -0.15) is 0 Å². The van der Waals surface area contributed by atoms with Gasteiger partial charge in [-0.15, -0.1) is 0 Å². The molecule has 4 aliphatic carbocycles. The molecular weight excluding hydrogens is 206 g/mol. The van der Waals surface area contributed by atoms with Gasteiger partial charge in [-0.3, -0.25) is 0 Å². The predicted octanol–water partition coefficient (Wildman–Crippen LogP) is 3.51. The molecule has 0 atom stereocenters. The van der Waals surface area contributed by atoms with Gasteiger partial charge in [0.2, 0.25) is 0 Å². The number of rotatable bonds is 1. The van der Waals surface area contributed by atoms with E-state index in [0.717, 1.165) is 17.8 Å². The van der Waals surface area contributed by atoms with E-state index < -0.39 is 0 Å². The lowest BCUT2D eigenvalue weighted by Crippen LogP contribution is -2.47. The summed E-state index contributed by atoms with van der Waals surface area (Å²) in [6.45, 7) is 2.43. The lowest BCUT2D eigenvalue weighted by molar-refractivity contribution is -0.0320. The van der Waals surface area contributed by atoms with Gasteiger partial charge >= 0.3 is 0 Å². The van der Waals surface area contributed by atoms with Gasteiger partial charge in [0, 0.05) is 0 Å². The molecule has 4 saturated carbocycles. The molecule has 0 amide bonds. The lowest BCUT2D eigenvalue weighted by atomic mass is 9.47. The maximum Gasteiger partial charge on any atom is -0.00113 e. The van der Waals surface area contributed by atoms with Crippen LogP contribution in [-0.4, -0.2) is 13.1 Å². The van der Waals surface area contributed by atoms with E-state index in [1.165, 1.54) is 25.9 Å². The molecule has 0 spiro atoms. The summed E-state index contributed by atoms with van der Waals surface area (Å²) in [4.78, 5) is 0. The Kier molecular flexibility index (Phi) is 2.40. The Morgan fingerprint density at radius 1 is 0.941 bits per heavy atom. The molecule has 0 unspecified atom stereocenters. The van der Waals surface area contributed by atoms with E-state index in [4.69, 9.17) is 0 Å². The first-order valence-electron chi connectivity index (χ1n) is 7.74. The highest BCUT2D eigenvalue weighted by Gasteiger charge is 2.51. The van der Waals surface area contributed by atoms with Crippen molar-refractivity contribution >= 4 is 0 Å². The molecule has 1 heteroatoms. The normalized spacial score (nSPS) is 48.9. The maximum atomic E-state index is 3.56. The Labute approximate surface area is 105 Å². The van der Waals surface area contributed by atoms with Crippen LogP contribution in [0.15, 0.2) is 11.6 Å². The van der Waals surface area contributed by atoms with Crippen LogP contribution in [0, 0.1) is 23.2 Å². The van der Waals surface area contributed by atoms with Crippen LogP contribution in [0.5, 0.6) is 0 Å². The van der Waals surface area contributed by atoms with Gasteiger partial charge in [-0.1, -0.05) is 11.6 Å². The first-order valence-corrected chi connectivity index (χ1v) is 7.74.